The summed E-state index contributed by atoms with van der Waals surface area (Å²) in [6, 6.07) is 19.8. The zero-order valence-corrected chi connectivity index (χ0v) is 16.2. The molecule has 1 atom stereocenters. The van der Waals surface area contributed by atoms with Gasteiger partial charge in [0.25, 0.3) is 5.91 Å². The van der Waals surface area contributed by atoms with Gasteiger partial charge in [-0.2, -0.15) is 5.10 Å². The molecule has 0 saturated carbocycles. The van der Waals surface area contributed by atoms with Crippen LogP contribution in [0.3, 0.4) is 0 Å². The molecule has 0 radical (unpaired) electrons. The lowest BCUT2D eigenvalue weighted by Gasteiger charge is -2.13. The highest BCUT2D eigenvalue weighted by Gasteiger charge is 2.26. The molecule has 0 saturated heterocycles. The van der Waals surface area contributed by atoms with Gasteiger partial charge in [0.05, 0.1) is 24.0 Å². The topological polar surface area (TPSA) is 69.0 Å². The number of rotatable bonds is 5. The quantitative estimate of drug-likeness (QED) is 0.559. The van der Waals surface area contributed by atoms with Crippen LogP contribution in [0.5, 0.6) is 5.75 Å². The average molecular weight is 396 g/mol. The molecule has 1 unspecified atom stereocenters. The maximum Gasteiger partial charge on any atom is 0.254 e. The van der Waals surface area contributed by atoms with Crippen LogP contribution in [0.2, 0.25) is 0 Å². The number of para-hydroxylation sites is 2. The summed E-state index contributed by atoms with van der Waals surface area (Å²) in [5, 5.41) is 7.25. The number of nitrogens with zero attached hydrogens (tertiary/aromatic N) is 3. The van der Waals surface area contributed by atoms with E-state index in [1.807, 2.05) is 60.8 Å². The van der Waals surface area contributed by atoms with Crippen LogP contribution in [0, 0.1) is 0 Å². The molecule has 2 aromatic carbocycles. The summed E-state index contributed by atoms with van der Waals surface area (Å²) in [6.45, 7) is 0.427. The zero-order chi connectivity index (χ0) is 20.3. The molecule has 0 spiro atoms. The van der Waals surface area contributed by atoms with Gasteiger partial charge in [-0.25, -0.2) is 4.68 Å². The highest BCUT2D eigenvalue weighted by molar-refractivity contribution is 5.93. The average Bonchev–Trinajstić information content (AvgIpc) is 3.46. The van der Waals surface area contributed by atoms with E-state index in [9.17, 15) is 4.79 Å². The first kappa shape index (κ1) is 18.1. The van der Waals surface area contributed by atoms with E-state index >= 15 is 0 Å². The number of hydrogen-bond donors (Lipinski definition) is 1. The molecule has 1 amide bonds. The van der Waals surface area contributed by atoms with Gasteiger partial charge in [-0.1, -0.05) is 42.5 Å². The Morgan fingerprint density at radius 1 is 1.07 bits per heavy atom. The maximum atomic E-state index is 12.6. The van der Waals surface area contributed by atoms with Crippen molar-refractivity contribution in [2.24, 2.45) is 0 Å². The first-order valence-corrected chi connectivity index (χ1v) is 9.85. The summed E-state index contributed by atoms with van der Waals surface area (Å²) in [5.41, 5.74) is 4.62. The largest absolute Gasteiger partial charge is 0.487 e. The standard InChI is InChI=1S/C24H20N4O2/c29-24(19-14-27-28(16-19)20-8-2-1-3-9-20)26-15-21-12-17-6-4-10-22(23(17)30-21)18-7-5-11-25-13-18/h1-11,13-14,16,21H,12,15H2,(H,26,29). The normalized spacial score (nSPS) is 14.7. The van der Waals surface area contributed by atoms with Gasteiger partial charge in [-0.3, -0.25) is 9.78 Å². The predicted octanol–water partition coefficient (Wildman–Crippen LogP) is 3.67. The van der Waals surface area contributed by atoms with Gasteiger partial charge in [0.1, 0.15) is 11.9 Å². The van der Waals surface area contributed by atoms with Gasteiger partial charge >= 0.3 is 0 Å². The Kier molecular flexibility index (Phi) is 4.73. The number of pyridine rings is 1. The second kappa shape index (κ2) is 7.83. The third kappa shape index (κ3) is 3.55. The molecule has 1 aliphatic heterocycles. The summed E-state index contributed by atoms with van der Waals surface area (Å²) in [5.74, 6) is 0.714. The lowest BCUT2D eigenvalue weighted by Crippen LogP contribution is -2.34. The summed E-state index contributed by atoms with van der Waals surface area (Å²) in [7, 11) is 0. The Bertz CT molecular complexity index is 1170. The first-order valence-electron chi connectivity index (χ1n) is 9.85. The number of nitrogens with one attached hydrogen (secondary N) is 1. The van der Waals surface area contributed by atoms with Crippen molar-refractivity contribution in [2.75, 3.05) is 6.54 Å². The fourth-order valence-corrected chi connectivity index (χ4v) is 3.67. The fourth-order valence-electron chi connectivity index (χ4n) is 3.67. The van der Waals surface area contributed by atoms with E-state index in [-0.39, 0.29) is 12.0 Å². The van der Waals surface area contributed by atoms with E-state index in [1.54, 1.807) is 23.3 Å². The molecule has 6 nitrogen and oxygen atoms in total. The van der Waals surface area contributed by atoms with Crippen LogP contribution in [0.1, 0.15) is 15.9 Å². The summed E-state index contributed by atoms with van der Waals surface area (Å²) in [4.78, 5) is 16.8. The van der Waals surface area contributed by atoms with Gasteiger partial charge in [0, 0.05) is 36.1 Å². The van der Waals surface area contributed by atoms with Crippen molar-refractivity contribution in [1.29, 1.82) is 0 Å². The molecule has 30 heavy (non-hydrogen) atoms. The van der Waals surface area contributed by atoms with Crippen LogP contribution in [0.4, 0.5) is 0 Å². The van der Waals surface area contributed by atoms with E-state index < -0.39 is 0 Å². The zero-order valence-electron chi connectivity index (χ0n) is 16.2. The fraction of sp³-hybridized carbons (Fsp3) is 0.125. The van der Waals surface area contributed by atoms with E-state index in [4.69, 9.17) is 4.74 Å². The van der Waals surface area contributed by atoms with Crippen molar-refractivity contribution in [3.8, 4) is 22.6 Å². The third-order valence-electron chi connectivity index (χ3n) is 5.16. The molecular formula is C24H20N4O2. The van der Waals surface area contributed by atoms with Crippen LogP contribution in [0.25, 0.3) is 16.8 Å². The number of benzene rings is 2. The van der Waals surface area contributed by atoms with Crippen molar-refractivity contribution in [3.63, 3.8) is 0 Å². The summed E-state index contributed by atoms with van der Waals surface area (Å²) < 4.78 is 7.88. The number of fused-ring (bicyclic) bond motifs is 1. The lowest BCUT2D eigenvalue weighted by molar-refractivity contribution is 0.0933. The molecular weight excluding hydrogens is 376 g/mol. The van der Waals surface area contributed by atoms with E-state index in [1.165, 1.54) is 0 Å². The van der Waals surface area contributed by atoms with Crippen molar-refractivity contribution >= 4 is 5.91 Å². The highest BCUT2D eigenvalue weighted by atomic mass is 16.5. The predicted molar refractivity (Wildman–Crippen MR) is 114 cm³/mol. The van der Waals surface area contributed by atoms with Gasteiger partial charge in [-0.05, 0) is 23.8 Å². The second-order valence-corrected chi connectivity index (χ2v) is 7.20. The number of ether oxygens (including phenoxy) is 1. The molecule has 148 valence electrons. The van der Waals surface area contributed by atoms with Crippen molar-refractivity contribution in [3.05, 3.63) is 96.6 Å². The molecule has 0 aliphatic carbocycles. The van der Waals surface area contributed by atoms with Gasteiger partial charge in [0.15, 0.2) is 0 Å². The summed E-state index contributed by atoms with van der Waals surface area (Å²) in [6.07, 6.45) is 7.55. The number of amides is 1. The molecule has 6 heteroatoms. The number of carbonyl (C=O) groups excluding carboxylic acids is 1. The Labute approximate surface area is 174 Å². The SMILES string of the molecule is O=C(NCC1Cc2cccc(-c3cccnc3)c2O1)c1cnn(-c2ccccc2)c1. The van der Waals surface area contributed by atoms with Crippen LogP contribution >= 0.6 is 0 Å². The van der Waals surface area contributed by atoms with Crippen LogP contribution < -0.4 is 10.1 Å². The molecule has 1 N–H and O–H groups in total. The molecule has 2 aromatic heterocycles. The lowest BCUT2D eigenvalue weighted by atomic mass is 10.0. The second-order valence-electron chi connectivity index (χ2n) is 7.20. The number of hydrogen-bond acceptors (Lipinski definition) is 4. The van der Waals surface area contributed by atoms with Crippen molar-refractivity contribution in [1.82, 2.24) is 20.1 Å². The van der Waals surface area contributed by atoms with E-state index in [0.717, 1.165) is 34.5 Å². The molecule has 5 rings (SSSR count). The Morgan fingerprint density at radius 2 is 1.97 bits per heavy atom. The monoisotopic (exact) mass is 396 g/mol. The smallest absolute Gasteiger partial charge is 0.254 e. The Balaban J connectivity index is 1.25. The van der Waals surface area contributed by atoms with Gasteiger partial charge in [0.2, 0.25) is 0 Å². The van der Waals surface area contributed by atoms with E-state index in [0.29, 0.717) is 12.1 Å². The molecule has 1 aliphatic rings. The van der Waals surface area contributed by atoms with Gasteiger partial charge in [-0.15, -0.1) is 0 Å². The minimum atomic E-state index is -0.163. The minimum absolute atomic E-state index is 0.106. The molecule has 3 heterocycles. The molecule has 0 fully saturated rings. The summed E-state index contributed by atoms with van der Waals surface area (Å²) >= 11 is 0. The Morgan fingerprint density at radius 3 is 2.80 bits per heavy atom. The third-order valence-corrected chi connectivity index (χ3v) is 5.16. The van der Waals surface area contributed by atoms with Crippen LogP contribution in [-0.4, -0.2) is 33.3 Å². The highest BCUT2D eigenvalue weighted by Crippen LogP contribution is 2.38. The van der Waals surface area contributed by atoms with Crippen LogP contribution in [-0.2, 0) is 6.42 Å². The number of aromatic nitrogens is 3. The van der Waals surface area contributed by atoms with Crippen molar-refractivity contribution in [2.45, 2.75) is 12.5 Å². The first-order chi connectivity index (χ1) is 14.8. The molecule has 0 bridgehead atoms. The van der Waals surface area contributed by atoms with Crippen molar-refractivity contribution < 1.29 is 9.53 Å². The Hall–Kier alpha value is -3.93. The van der Waals surface area contributed by atoms with E-state index in [2.05, 4.69) is 21.5 Å². The van der Waals surface area contributed by atoms with Crippen LogP contribution in [0.15, 0.2) is 85.5 Å². The van der Waals surface area contributed by atoms with Gasteiger partial charge < -0.3 is 10.1 Å². The maximum absolute atomic E-state index is 12.6. The molecule has 4 aromatic rings. The number of carbonyl (C=O) groups is 1. The minimum Gasteiger partial charge on any atom is -0.487 e.